The normalized spacial score (nSPS) is 24.7. The Labute approximate surface area is 141 Å². The highest BCUT2D eigenvalue weighted by Crippen LogP contribution is 2.39. The van der Waals surface area contributed by atoms with E-state index in [2.05, 4.69) is 51.4 Å². The first kappa shape index (κ1) is 16.0. The Kier molecular flexibility index (Phi) is 4.80. The van der Waals surface area contributed by atoms with Crippen molar-refractivity contribution in [3.05, 3.63) is 20.8 Å². The largest absolute Gasteiger partial charge is 0.308 e. The van der Waals surface area contributed by atoms with E-state index in [1.54, 1.807) is 0 Å². The third kappa shape index (κ3) is 3.10. The van der Waals surface area contributed by atoms with E-state index in [9.17, 15) is 0 Å². The van der Waals surface area contributed by atoms with E-state index in [0.29, 0.717) is 11.1 Å². The van der Waals surface area contributed by atoms with Crippen LogP contribution in [0.15, 0.2) is 15.9 Å². The standard InChI is InChI=1S/C17H27BrN2S/c1-3-17(4-2)12-19-16(7-5-6-8-16)13-20(17)10-15-9-14(18)11-21-15/h9,11,19H,3-8,10,12-13H2,1-2H3. The Hall–Kier alpha value is 0.1000. The van der Waals surface area contributed by atoms with Crippen molar-refractivity contribution in [2.75, 3.05) is 13.1 Å². The van der Waals surface area contributed by atoms with Crippen molar-refractivity contribution in [1.29, 1.82) is 0 Å². The lowest BCUT2D eigenvalue weighted by atomic mass is 9.82. The average Bonchev–Trinajstić information content (AvgIpc) is 3.10. The Morgan fingerprint density at radius 2 is 2.00 bits per heavy atom. The highest BCUT2D eigenvalue weighted by Gasteiger charge is 2.46. The molecule has 0 amide bonds. The van der Waals surface area contributed by atoms with Crippen LogP contribution in [0.5, 0.6) is 0 Å². The molecule has 1 N–H and O–H groups in total. The molecule has 1 aliphatic carbocycles. The summed E-state index contributed by atoms with van der Waals surface area (Å²) in [5.74, 6) is 0. The molecule has 2 nitrogen and oxygen atoms in total. The topological polar surface area (TPSA) is 15.3 Å². The van der Waals surface area contributed by atoms with Crippen molar-refractivity contribution in [2.24, 2.45) is 0 Å². The van der Waals surface area contributed by atoms with Gasteiger partial charge in [0, 0.05) is 45.4 Å². The number of nitrogens with zero attached hydrogens (tertiary/aromatic N) is 1. The Morgan fingerprint density at radius 3 is 2.57 bits per heavy atom. The molecule has 21 heavy (non-hydrogen) atoms. The first-order chi connectivity index (χ1) is 10.1. The van der Waals surface area contributed by atoms with Crippen molar-refractivity contribution in [3.8, 4) is 0 Å². The van der Waals surface area contributed by atoms with E-state index in [1.165, 1.54) is 54.4 Å². The molecule has 3 rings (SSSR count). The summed E-state index contributed by atoms with van der Waals surface area (Å²) in [6.45, 7) is 8.21. The van der Waals surface area contributed by atoms with Gasteiger partial charge in [0.05, 0.1) is 0 Å². The number of hydrogen-bond acceptors (Lipinski definition) is 3. The molecule has 0 unspecified atom stereocenters. The van der Waals surface area contributed by atoms with Gasteiger partial charge >= 0.3 is 0 Å². The summed E-state index contributed by atoms with van der Waals surface area (Å²) < 4.78 is 1.23. The van der Waals surface area contributed by atoms with Gasteiger partial charge in [0.25, 0.3) is 0 Å². The Bertz CT molecular complexity index is 475. The van der Waals surface area contributed by atoms with Crippen molar-refractivity contribution >= 4 is 27.3 Å². The van der Waals surface area contributed by atoms with Gasteiger partial charge in [0.15, 0.2) is 0 Å². The molecule has 1 aromatic rings. The Morgan fingerprint density at radius 1 is 1.29 bits per heavy atom. The fourth-order valence-corrected chi connectivity index (χ4v) is 5.70. The third-order valence-electron chi connectivity index (χ3n) is 5.80. The van der Waals surface area contributed by atoms with Crippen LogP contribution in [0.4, 0.5) is 0 Å². The zero-order valence-corrected chi connectivity index (χ0v) is 15.7. The van der Waals surface area contributed by atoms with Crippen LogP contribution in [-0.2, 0) is 6.54 Å². The molecular weight excluding hydrogens is 344 g/mol. The van der Waals surface area contributed by atoms with Crippen LogP contribution in [0.1, 0.15) is 57.2 Å². The monoisotopic (exact) mass is 370 g/mol. The minimum Gasteiger partial charge on any atom is -0.308 e. The fraction of sp³-hybridized carbons (Fsp3) is 0.765. The summed E-state index contributed by atoms with van der Waals surface area (Å²) in [5, 5.41) is 6.17. The van der Waals surface area contributed by atoms with E-state index < -0.39 is 0 Å². The number of thiophene rings is 1. The zero-order chi connectivity index (χ0) is 14.9. The van der Waals surface area contributed by atoms with Crippen LogP contribution in [0.2, 0.25) is 0 Å². The van der Waals surface area contributed by atoms with Gasteiger partial charge in [-0.15, -0.1) is 11.3 Å². The van der Waals surface area contributed by atoms with Crippen molar-refractivity contribution in [1.82, 2.24) is 10.2 Å². The number of halogens is 1. The SMILES string of the molecule is CCC1(CC)CNC2(CCCC2)CN1Cc1cc(Br)cs1. The van der Waals surface area contributed by atoms with E-state index >= 15 is 0 Å². The molecule has 0 radical (unpaired) electrons. The highest BCUT2D eigenvalue weighted by molar-refractivity contribution is 9.10. The van der Waals surface area contributed by atoms with Crippen molar-refractivity contribution in [2.45, 2.75) is 70.0 Å². The minimum atomic E-state index is 0.338. The number of nitrogens with one attached hydrogen (secondary N) is 1. The third-order valence-corrected chi connectivity index (χ3v) is 7.48. The molecule has 2 fully saturated rings. The smallest absolute Gasteiger partial charge is 0.0335 e. The molecule has 0 atom stereocenters. The van der Waals surface area contributed by atoms with Gasteiger partial charge in [0.1, 0.15) is 0 Å². The van der Waals surface area contributed by atoms with Gasteiger partial charge in [-0.2, -0.15) is 0 Å². The van der Waals surface area contributed by atoms with Crippen LogP contribution in [0, 0.1) is 0 Å². The molecule has 1 aliphatic heterocycles. The predicted molar refractivity (Wildman–Crippen MR) is 94.9 cm³/mol. The van der Waals surface area contributed by atoms with Gasteiger partial charge in [-0.3, -0.25) is 4.90 Å². The lowest BCUT2D eigenvalue weighted by Crippen LogP contribution is -2.68. The second kappa shape index (κ2) is 6.31. The van der Waals surface area contributed by atoms with E-state index in [1.807, 2.05) is 11.3 Å². The van der Waals surface area contributed by atoms with E-state index in [4.69, 9.17) is 0 Å². The molecule has 118 valence electrons. The summed E-state index contributed by atoms with van der Waals surface area (Å²) in [5.41, 5.74) is 0.743. The van der Waals surface area contributed by atoms with Crippen LogP contribution in [0.3, 0.4) is 0 Å². The van der Waals surface area contributed by atoms with Gasteiger partial charge < -0.3 is 5.32 Å². The van der Waals surface area contributed by atoms with Crippen molar-refractivity contribution < 1.29 is 0 Å². The molecule has 0 aromatic carbocycles. The van der Waals surface area contributed by atoms with Gasteiger partial charge in [-0.05, 0) is 47.7 Å². The summed E-state index contributed by atoms with van der Waals surface area (Å²) in [6.07, 6.45) is 7.99. The molecule has 0 bridgehead atoms. The van der Waals surface area contributed by atoms with Crippen molar-refractivity contribution in [3.63, 3.8) is 0 Å². The van der Waals surface area contributed by atoms with E-state index in [0.717, 1.165) is 13.1 Å². The average molecular weight is 371 g/mol. The summed E-state index contributed by atoms with van der Waals surface area (Å²) in [4.78, 5) is 4.29. The number of rotatable bonds is 4. The fourth-order valence-electron chi connectivity index (χ4n) is 4.24. The molecule has 1 saturated carbocycles. The molecule has 1 saturated heterocycles. The zero-order valence-electron chi connectivity index (χ0n) is 13.3. The first-order valence-corrected chi connectivity index (χ1v) is 10.0. The summed E-state index contributed by atoms with van der Waals surface area (Å²) >= 11 is 5.49. The lowest BCUT2D eigenvalue weighted by Gasteiger charge is -2.53. The second-order valence-corrected chi connectivity index (χ2v) is 8.77. The molecular formula is C17H27BrN2S. The van der Waals surface area contributed by atoms with Crippen LogP contribution in [0.25, 0.3) is 0 Å². The molecule has 2 heterocycles. The maximum atomic E-state index is 3.96. The first-order valence-electron chi connectivity index (χ1n) is 8.34. The van der Waals surface area contributed by atoms with Crippen LogP contribution in [-0.4, -0.2) is 29.1 Å². The maximum Gasteiger partial charge on any atom is 0.0335 e. The van der Waals surface area contributed by atoms with E-state index in [-0.39, 0.29) is 0 Å². The molecule has 4 heteroatoms. The second-order valence-electron chi connectivity index (χ2n) is 6.86. The van der Waals surface area contributed by atoms with Crippen LogP contribution >= 0.6 is 27.3 Å². The Balaban J connectivity index is 1.82. The molecule has 2 aliphatic rings. The maximum absolute atomic E-state index is 3.96. The minimum absolute atomic E-state index is 0.338. The van der Waals surface area contributed by atoms with Crippen LogP contribution < -0.4 is 5.32 Å². The number of hydrogen-bond donors (Lipinski definition) is 1. The molecule has 1 aromatic heterocycles. The summed E-state index contributed by atoms with van der Waals surface area (Å²) in [6, 6.07) is 2.30. The van der Waals surface area contributed by atoms with Gasteiger partial charge in [-0.1, -0.05) is 26.7 Å². The summed E-state index contributed by atoms with van der Waals surface area (Å²) in [7, 11) is 0. The molecule has 1 spiro atoms. The highest BCUT2D eigenvalue weighted by atomic mass is 79.9. The lowest BCUT2D eigenvalue weighted by molar-refractivity contribution is -0.00581. The predicted octanol–water partition coefficient (Wildman–Crippen LogP) is 4.79. The van der Waals surface area contributed by atoms with Gasteiger partial charge in [0.2, 0.25) is 0 Å². The van der Waals surface area contributed by atoms with Gasteiger partial charge in [-0.25, -0.2) is 0 Å². The number of piperazine rings is 1. The quantitative estimate of drug-likeness (QED) is 0.819.